The summed E-state index contributed by atoms with van der Waals surface area (Å²) >= 11 is 0. The highest BCUT2D eigenvalue weighted by molar-refractivity contribution is 5.66. The number of carboxylic acid groups (broad SMARTS) is 1. The Labute approximate surface area is 142 Å². The van der Waals surface area contributed by atoms with Gasteiger partial charge in [0.15, 0.2) is 0 Å². The van der Waals surface area contributed by atoms with Crippen LogP contribution in [0.3, 0.4) is 0 Å². The number of rotatable bonds is 14. The molecular formula is C21H32O2. The third kappa shape index (κ3) is 20.2. The molecule has 0 aliphatic rings. The normalized spacial score (nSPS) is 12.7. The zero-order valence-electron chi connectivity index (χ0n) is 14.5. The lowest BCUT2D eigenvalue weighted by Gasteiger charge is -1.92. The van der Waals surface area contributed by atoms with Crippen molar-refractivity contribution in [3.05, 3.63) is 60.8 Å². The van der Waals surface area contributed by atoms with Gasteiger partial charge in [-0.2, -0.15) is 0 Å². The van der Waals surface area contributed by atoms with Gasteiger partial charge in [0, 0.05) is 6.42 Å². The van der Waals surface area contributed by atoms with Gasteiger partial charge in [0.25, 0.3) is 0 Å². The Morgan fingerprint density at radius 1 is 0.696 bits per heavy atom. The molecule has 2 heteroatoms. The van der Waals surface area contributed by atoms with E-state index in [1.54, 1.807) is 0 Å². The van der Waals surface area contributed by atoms with Crippen LogP contribution in [0.2, 0.25) is 0 Å². The second kappa shape index (κ2) is 18.2. The lowest BCUT2D eigenvalue weighted by Crippen LogP contribution is -1.92. The summed E-state index contributed by atoms with van der Waals surface area (Å²) in [6.07, 6.45) is 30.0. The van der Waals surface area contributed by atoms with Gasteiger partial charge in [0.1, 0.15) is 0 Å². The molecular weight excluding hydrogens is 284 g/mol. The van der Waals surface area contributed by atoms with Crippen LogP contribution in [0.1, 0.15) is 64.7 Å². The largest absolute Gasteiger partial charge is 0.481 e. The van der Waals surface area contributed by atoms with Gasteiger partial charge in [-0.25, -0.2) is 0 Å². The van der Waals surface area contributed by atoms with E-state index in [1.165, 1.54) is 0 Å². The van der Waals surface area contributed by atoms with Crippen molar-refractivity contribution in [1.29, 1.82) is 0 Å². The second-order valence-electron chi connectivity index (χ2n) is 5.38. The van der Waals surface area contributed by atoms with Crippen LogP contribution >= 0.6 is 0 Å². The molecule has 0 amide bonds. The summed E-state index contributed by atoms with van der Waals surface area (Å²) in [7, 11) is 0. The third-order valence-corrected chi connectivity index (χ3v) is 3.23. The van der Waals surface area contributed by atoms with E-state index in [9.17, 15) is 4.79 Å². The van der Waals surface area contributed by atoms with Gasteiger partial charge in [-0.15, -0.1) is 0 Å². The molecule has 0 aliphatic heterocycles. The van der Waals surface area contributed by atoms with Gasteiger partial charge in [-0.3, -0.25) is 4.79 Å². The summed E-state index contributed by atoms with van der Waals surface area (Å²) in [4.78, 5) is 10.3. The number of carbonyl (C=O) groups is 1. The van der Waals surface area contributed by atoms with E-state index < -0.39 is 5.97 Å². The Hall–Kier alpha value is -1.83. The Bertz CT molecular complexity index is 412. The lowest BCUT2D eigenvalue weighted by molar-refractivity contribution is -0.137. The molecule has 0 fully saturated rings. The number of allylic oxidation sites excluding steroid dienone is 10. The minimum atomic E-state index is -0.700. The predicted octanol–water partition coefficient (Wildman–Crippen LogP) is 6.38. The predicted molar refractivity (Wildman–Crippen MR) is 101 cm³/mol. The standard InChI is InChI=1S/C21H32O2/c1-2-3-4-5-6-7-8-9-10-11-12-13-14-15-16-17-18-19-20-21(22)23/h2-3,6-7,9-10,12-13,15-16H,4-5,8,11,14,17-20H2,1H3,(H,22,23)/b3-2+,7-6+,10-9+,13-12+,16-15+. The molecule has 0 aromatic rings. The molecule has 0 radical (unpaired) electrons. The smallest absolute Gasteiger partial charge is 0.303 e. The van der Waals surface area contributed by atoms with Crippen LogP contribution in [0.15, 0.2) is 60.8 Å². The van der Waals surface area contributed by atoms with E-state index >= 15 is 0 Å². The fourth-order valence-electron chi connectivity index (χ4n) is 1.95. The first-order chi connectivity index (χ1) is 11.3. The summed E-state index contributed by atoms with van der Waals surface area (Å²) in [6, 6.07) is 0. The molecule has 0 aromatic heterocycles. The molecule has 128 valence electrons. The maximum atomic E-state index is 10.3. The molecule has 0 spiro atoms. The molecule has 0 saturated carbocycles. The average Bonchev–Trinajstić information content (AvgIpc) is 2.53. The van der Waals surface area contributed by atoms with Crippen molar-refractivity contribution in [3.8, 4) is 0 Å². The van der Waals surface area contributed by atoms with Crippen molar-refractivity contribution >= 4 is 5.97 Å². The Balaban J connectivity index is 3.42. The molecule has 0 heterocycles. The van der Waals surface area contributed by atoms with Gasteiger partial charge in [0.05, 0.1) is 0 Å². The summed E-state index contributed by atoms with van der Waals surface area (Å²) in [5.41, 5.74) is 0. The van der Waals surface area contributed by atoms with E-state index in [-0.39, 0.29) is 6.42 Å². The first-order valence-corrected chi connectivity index (χ1v) is 8.70. The SMILES string of the molecule is C/C=C/CC/C=C/C/C=C/C/C=C/C/C=C/CCCCC(=O)O. The number of unbranched alkanes of at least 4 members (excludes halogenated alkanes) is 3. The number of aliphatic carboxylic acids is 1. The maximum Gasteiger partial charge on any atom is 0.303 e. The van der Waals surface area contributed by atoms with Gasteiger partial charge in [-0.05, 0) is 58.3 Å². The second-order valence-corrected chi connectivity index (χ2v) is 5.38. The number of carboxylic acids is 1. The van der Waals surface area contributed by atoms with Gasteiger partial charge >= 0.3 is 5.97 Å². The lowest BCUT2D eigenvalue weighted by atomic mass is 10.2. The van der Waals surface area contributed by atoms with Crippen molar-refractivity contribution in [2.45, 2.75) is 64.7 Å². The van der Waals surface area contributed by atoms with E-state index in [2.05, 4.69) is 67.7 Å². The average molecular weight is 316 g/mol. The first kappa shape index (κ1) is 21.2. The van der Waals surface area contributed by atoms with Crippen molar-refractivity contribution < 1.29 is 9.90 Å². The topological polar surface area (TPSA) is 37.3 Å². The minimum absolute atomic E-state index is 0.283. The van der Waals surface area contributed by atoms with Crippen molar-refractivity contribution in [2.24, 2.45) is 0 Å². The van der Waals surface area contributed by atoms with E-state index in [4.69, 9.17) is 5.11 Å². The van der Waals surface area contributed by atoms with Crippen LogP contribution in [0, 0.1) is 0 Å². The summed E-state index contributed by atoms with van der Waals surface area (Å²) in [6.45, 7) is 2.05. The van der Waals surface area contributed by atoms with Gasteiger partial charge in [0.2, 0.25) is 0 Å². The highest BCUT2D eigenvalue weighted by Crippen LogP contribution is 2.02. The highest BCUT2D eigenvalue weighted by atomic mass is 16.4. The van der Waals surface area contributed by atoms with Crippen molar-refractivity contribution in [3.63, 3.8) is 0 Å². The Kier molecular flexibility index (Phi) is 16.8. The van der Waals surface area contributed by atoms with E-state index in [0.717, 1.165) is 51.4 Å². The van der Waals surface area contributed by atoms with E-state index in [1.807, 2.05) is 0 Å². The quantitative estimate of drug-likeness (QED) is 0.298. The monoisotopic (exact) mass is 316 g/mol. The first-order valence-electron chi connectivity index (χ1n) is 8.70. The Morgan fingerprint density at radius 2 is 1.17 bits per heavy atom. The summed E-state index contributed by atoms with van der Waals surface area (Å²) in [5.74, 6) is -0.700. The van der Waals surface area contributed by atoms with E-state index in [0.29, 0.717) is 0 Å². The molecule has 0 unspecified atom stereocenters. The molecule has 0 bridgehead atoms. The molecule has 0 saturated heterocycles. The molecule has 2 nitrogen and oxygen atoms in total. The fraction of sp³-hybridized carbons (Fsp3) is 0.476. The zero-order valence-corrected chi connectivity index (χ0v) is 14.5. The third-order valence-electron chi connectivity index (χ3n) is 3.23. The maximum absolute atomic E-state index is 10.3. The fourth-order valence-corrected chi connectivity index (χ4v) is 1.95. The number of hydrogen-bond donors (Lipinski definition) is 1. The van der Waals surface area contributed by atoms with Crippen molar-refractivity contribution in [1.82, 2.24) is 0 Å². The van der Waals surface area contributed by atoms with Crippen LogP contribution < -0.4 is 0 Å². The molecule has 0 aromatic carbocycles. The number of hydrogen-bond acceptors (Lipinski definition) is 1. The van der Waals surface area contributed by atoms with Gasteiger partial charge in [-0.1, -0.05) is 60.8 Å². The molecule has 0 rings (SSSR count). The van der Waals surface area contributed by atoms with Crippen LogP contribution in [-0.2, 0) is 4.79 Å². The minimum Gasteiger partial charge on any atom is -0.481 e. The molecule has 1 N–H and O–H groups in total. The highest BCUT2D eigenvalue weighted by Gasteiger charge is 1.93. The van der Waals surface area contributed by atoms with Crippen molar-refractivity contribution in [2.75, 3.05) is 0 Å². The summed E-state index contributed by atoms with van der Waals surface area (Å²) in [5, 5.41) is 8.51. The summed E-state index contributed by atoms with van der Waals surface area (Å²) < 4.78 is 0. The Morgan fingerprint density at radius 3 is 1.70 bits per heavy atom. The van der Waals surface area contributed by atoms with Crippen LogP contribution in [0.4, 0.5) is 0 Å². The van der Waals surface area contributed by atoms with Gasteiger partial charge < -0.3 is 5.11 Å². The molecule has 0 aliphatic carbocycles. The molecule has 0 atom stereocenters. The zero-order chi connectivity index (χ0) is 17.0. The molecule has 23 heavy (non-hydrogen) atoms. The van der Waals surface area contributed by atoms with Crippen LogP contribution in [0.5, 0.6) is 0 Å². The van der Waals surface area contributed by atoms with Crippen LogP contribution in [-0.4, -0.2) is 11.1 Å². The van der Waals surface area contributed by atoms with Crippen LogP contribution in [0.25, 0.3) is 0 Å².